The molecule has 116 valence electrons. The van der Waals surface area contributed by atoms with Gasteiger partial charge in [0.2, 0.25) is 0 Å². The number of fused-ring (bicyclic) bond motifs is 1. The maximum Gasteiger partial charge on any atom is 0.319 e. The standard InChI is InChI=1S/C16H25N3O2/c1-3-13(8-10-20)17-16(21)18-14-6-7-15-12(11-14)5-4-9-19(15)2/h6-7,11,13,20H,3-5,8-10H2,1-2H3,(H2,17,18,21). The normalized spacial score (nSPS) is 15.3. The van der Waals surface area contributed by atoms with E-state index in [1.165, 1.54) is 11.3 Å². The van der Waals surface area contributed by atoms with Crippen molar-refractivity contribution in [3.05, 3.63) is 23.8 Å². The number of urea groups is 1. The first-order valence-electron chi connectivity index (χ1n) is 7.66. The summed E-state index contributed by atoms with van der Waals surface area (Å²) in [5, 5.41) is 14.7. The summed E-state index contributed by atoms with van der Waals surface area (Å²) in [7, 11) is 2.10. The third-order valence-electron chi connectivity index (χ3n) is 3.99. The van der Waals surface area contributed by atoms with Crippen LogP contribution < -0.4 is 15.5 Å². The van der Waals surface area contributed by atoms with Crippen LogP contribution in [0.3, 0.4) is 0 Å². The van der Waals surface area contributed by atoms with E-state index in [1.54, 1.807) is 0 Å². The average Bonchev–Trinajstić information content (AvgIpc) is 2.47. The number of rotatable bonds is 5. The highest BCUT2D eigenvalue weighted by atomic mass is 16.3. The van der Waals surface area contributed by atoms with Gasteiger partial charge in [0.1, 0.15) is 0 Å². The summed E-state index contributed by atoms with van der Waals surface area (Å²) >= 11 is 0. The average molecular weight is 291 g/mol. The summed E-state index contributed by atoms with van der Waals surface area (Å²) in [4.78, 5) is 14.2. The van der Waals surface area contributed by atoms with E-state index in [0.717, 1.165) is 31.5 Å². The molecule has 0 aliphatic carbocycles. The maximum atomic E-state index is 12.0. The fourth-order valence-corrected chi connectivity index (χ4v) is 2.75. The van der Waals surface area contributed by atoms with Crippen LogP contribution in [0.1, 0.15) is 31.7 Å². The quantitative estimate of drug-likeness (QED) is 0.780. The lowest BCUT2D eigenvalue weighted by Crippen LogP contribution is -2.38. The first-order chi connectivity index (χ1) is 10.1. The SMILES string of the molecule is CCC(CCO)NC(=O)Nc1ccc2c(c1)CCCN2C. The number of carbonyl (C=O) groups is 1. The van der Waals surface area contributed by atoms with E-state index in [0.29, 0.717) is 6.42 Å². The molecule has 1 aliphatic rings. The van der Waals surface area contributed by atoms with Gasteiger partial charge in [-0.25, -0.2) is 4.79 Å². The molecule has 2 amide bonds. The second-order valence-electron chi connectivity index (χ2n) is 5.58. The van der Waals surface area contributed by atoms with Gasteiger partial charge in [0.15, 0.2) is 0 Å². The van der Waals surface area contributed by atoms with E-state index < -0.39 is 0 Å². The van der Waals surface area contributed by atoms with Gasteiger partial charge in [0.25, 0.3) is 0 Å². The van der Waals surface area contributed by atoms with Gasteiger partial charge >= 0.3 is 6.03 Å². The topological polar surface area (TPSA) is 64.6 Å². The minimum Gasteiger partial charge on any atom is -0.396 e. The molecule has 1 aromatic rings. The van der Waals surface area contributed by atoms with Crippen LogP contribution in [0, 0.1) is 0 Å². The van der Waals surface area contributed by atoms with Crippen LogP contribution in [0.2, 0.25) is 0 Å². The molecule has 0 aromatic heterocycles. The van der Waals surface area contributed by atoms with Gasteiger partial charge in [-0.15, -0.1) is 0 Å². The van der Waals surface area contributed by atoms with E-state index in [4.69, 9.17) is 5.11 Å². The Bertz CT molecular complexity index is 490. The minimum absolute atomic E-state index is 0.0127. The third kappa shape index (κ3) is 4.11. The predicted molar refractivity (Wildman–Crippen MR) is 86.0 cm³/mol. The molecule has 3 N–H and O–H groups in total. The molecule has 1 unspecified atom stereocenters. The van der Waals surface area contributed by atoms with Crippen molar-refractivity contribution >= 4 is 17.4 Å². The Morgan fingerprint density at radius 3 is 3.00 bits per heavy atom. The third-order valence-corrected chi connectivity index (χ3v) is 3.99. The molecule has 1 aromatic carbocycles. The van der Waals surface area contributed by atoms with Gasteiger partial charge in [-0.05, 0) is 49.4 Å². The highest BCUT2D eigenvalue weighted by molar-refractivity contribution is 5.90. The number of aryl methyl sites for hydroxylation is 1. The molecule has 0 saturated carbocycles. The number of amides is 2. The van der Waals surface area contributed by atoms with Gasteiger partial charge < -0.3 is 20.6 Å². The predicted octanol–water partition coefficient (Wildman–Crippen LogP) is 2.35. The fraction of sp³-hybridized carbons (Fsp3) is 0.562. The molecule has 0 radical (unpaired) electrons. The Kier molecular flexibility index (Phi) is 5.44. The number of benzene rings is 1. The zero-order valence-corrected chi connectivity index (χ0v) is 12.9. The van der Waals surface area contributed by atoms with E-state index in [1.807, 2.05) is 13.0 Å². The highest BCUT2D eigenvalue weighted by Crippen LogP contribution is 2.28. The summed E-state index contributed by atoms with van der Waals surface area (Å²) in [6.07, 6.45) is 3.59. The number of nitrogens with one attached hydrogen (secondary N) is 2. The number of hydrogen-bond donors (Lipinski definition) is 3. The van der Waals surface area contributed by atoms with E-state index in [2.05, 4.69) is 34.7 Å². The summed E-state index contributed by atoms with van der Waals surface area (Å²) in [5.41, 5.74) is 3.35. The molecule has 21 heavy (non-hydrogen) atoms. The Labute approximate surface area is 126 Å². The highest BCUT2D eigenvalue weighted by Gasteiger charge is 2.15. The van der Waals surface area contributed by atoms with Gasteiger partial charge in [-0.3, -0.25) is 0 Å². The van der Waals surface area contributed by atoms with Crippen LogP contribution >= 0.6 is 0 Å². The number of carbonyl (C=O) groups excluding carboxylic acids is 1. The van der Waals surface area contributed by atoms with Crippen molar-refractivity contribution in [2.45, 2.75) is 38.6 Å². The zero-order chi connectivity index (χ0) is 15.2. The lowest BCUT2D eigenvalue weighted by molar-refractivity contribution is 0.237. The smallest absolute Gasteiger partial charge is 0.319 e. The van der Waals surface area contributed by atoms with Crippen molar-refractivity contribution in [3.63, 3.8) is 0 Å². The van der Waals surface area contributed by atoms with Crippen molar-refractivity contribution in [2.24, 2.45) is 0 Å². The lowest BCUT2D eigenvalue weighted by Gasteiger charge is -2.28. The van der Waals surface area contributed by atoms with Gasteiger partial charge in [-0.2, -0.15) is 0 Å². The molecule has 5 heteroatoms. The Morgan fingerprint density at radius 1 is 1.48 bits per heavy atom. The molecule has 0 bridgehead atoms. The zero-order valence-electron chi connectivity index (χ0n) is 12.9. The van der Waals surface area contributed by atoms with Crippen LogP contribution in [0.5, 0.6) is 0 Å². The van der Waals surface area contributed by atoms with Crippen LogP contribution in [0.4, 0.5) is 16.2 Å². The number of aliphatic hydroxyl groups excluding tert-OH is 1. The number of hydrogen-bond acceptors (Lipinski definition) is 3. The van der Waals surface area contributed by atoms with Crippen LogP contribution in [-0.4, -0.2) is 37.4 Å². The first-order valence-corrected chi connectivity index (χ1v) is 7.66. The minimum atomic E-state index is -0.209. The van der Waals surface area contributed by atoms with Crippen LogP contribution in [0.15, 0.2) is 18.2 Å². The number of anilines is 2. The Morgan fingerprint density at radius 2 is 2.29 bits per heavy atom. The molecule has 0 fully saturated rings. The molecule has 2 rings (SSSR count). The summed E-state index contributed by atoms with van der Waals surface area (Å²) in [6.45, 7) is 3.17. The summed E-state index contributed by atoms with van der Waals surface area (Å²) < 4.78 is 0. The molecule has 1 heterocycles. The van der Waals surface area contributed by atoms with Crippen molar-refractivity contribution < 1.29 is 9.90 Å². The monoisotopic (exact) mass is 291 g/mol. The van der Waals surface area contributed by atoms with Gasteiger partial charge in [0, 0.05) is 37.6 Å². The molecule has 0 saturated heterocycles. The van der Waals surface area contributed by atoms with E-state index in [-0.39, 0.29) is 18.7 Å². The van der Waals surface area contributed by atoms with E-state index >= 15 is 0 Å². The molecule has 1 atom stereocenters. The second kappa shape index (κ2) is 7.31. The Balaban J connectivity index is 1.98. The maximum absolute atomic E-state index is 12.0. The first kappa shape index (κ1) is 15.6. The van der Waals surface area contributed by atoms with Crippen molar-refractivity contribution in [2.75, 3.05) is 30.4 Å². The largest absolute Gasteiger partial charge is 0.396 e. The van der Waals surface area contributed by atoms with Crippen LogP contribution in [-0.2, 0) is 6.42 Å². The van der Waals surface area contributed by atoms with Crippen molar-refractivity contribution in [1.29, 1.82) is 0 Å². The molecule has 1 aliphatic heterocycles. The van der Waals surface area contributed by atoms with Crippen molar-refractivity contribution in [3.8, 4) is 0 Å². The molecule has 0 spiro atoms. The summed E-state index contributed by atoms with van der Waals surface area (Å²) in [6, 6.07) is 5.86. The lowest BCUT2D eigenvalue weighted by atomic mass is 10.0. The van der Waals surface area contributed by atoms with Gasteiger partial charge in [-0.1, -0.05) is 6.92 Å². The summed E-state index contributed by atoms with van der Waals surface area (Å²) in [5.74, 6) is 0. The van der Waals surface area contributed by atoms with Crippen LogP contribution in [0.25, 0.3) is 0 Å². The molecular formula is C16H25N3O2. The second-order valence-corrected chi connectivity index (χ2v) is 5.58. The molecular weight excluding hydrogens is 266 g/mol. The number of aliphatic hydroxyl groups is 1. The fourth-order valence-electron chi connectivity index (χ4n) is 2.75. The Hall–Kier alpha value is -1.75. The van der Waals surface area contributed by atoms with Gasteiger partial charge in [0.05, 0.1) is 0 Å². The van der Waals surface area contributed by atoms with E-state index in [9.17, 15) is 4.79 Å². The van der Waals surface area contributed by atoms with Crippen molar-refractivity contribution in [1.82, 2.24) is 5.32 Å². The molecule has 5 nitrogen and oxygen atoms in total. The number of nitrogens with zero attached hydrogens (tertiary/aromatic N) is 1.